The molecular weight excluding hydrogens is 939 g/mol. The number of esters is 1. The first-order chi connectivity index (χ1) is 31.8. The minimum absolute atomic E-state index is 0.0799. The molecule has 6 rings (SSSR count). The molecule has 0 aliphatic heterocycles. The third kappa shape index (κ3) is 12.0. The van der Waals surface area contributed by atoms with Crippen molar-refractivity contribution in [1.82, 2.24) is 13.8 Å². The number of carbonyl (C=O) groups excluding carboxylic acids is 4. The number of imide groups is 1. The number of nitrogens with zero attached hydrogens (tertiary/aromatic N) is 4. The molecule has 2 aromatic heterocycles. The number of aromatic nitrogens is 3. The van der Waals surface area contributed by atoms with Crippen LogP contribution in [0.2, 0.25) is 0 Å². The molecule has 0 N–H and O–H groups in total. The molecule has 69 heavy (non-hydrogen) atoms. The van der Waals surface area contributed by atoms with Crippen LogP contribution >= 0.6 is 0 Å². The maximum Gasteiger partial charge on any atom is 0.425 e. The summed E-state index contributed by atoms with van der Waals surface area (Å²) in [4.78, 5) is 56.7. The molecule has 2 heterocycles. The highest BCUT2D eigenvalue weighted by Gasteiger charge is 2.40. The minimum atomic E-state index is -4.85. The van der Waals surface area contributed by atoms with E-state index in [1.807, 2.05) is 0 Å². The van der Waals surface area contributed by atoms with Gasteiger partial charge in [-0.2, -0.15) is 10.00 Å². The van der Waals surface area contributed by atoms with Crippen molar-refractivity contribution in [2.75, 3.05) is 10.7 Å². The lowest BCUT2D eigenvalue weighted by Gasteiger charge is -2.29. The van der Waals surface area contributed by atoms with Gasteiger partial charge in [0, 0.05) is 10.9 Å². The molecule has 0 saturated heterocycles. The first kappa shape index (κ1) is 51.5. The Bertz CT molecular complexity index is 3200. The lowest BCUT2D eigenvalue weighted by molar-refractivity contribution is -0.151. The average molecular weight is 991 g/mol. The Hall–Kier alpha value is -6.93. The van der Waals surface area contributed by atoms with Gasteiger partial charge < -0.3 is 18.9 Å². The summed E-state index contributed by atoms with van der Waals surface area (Å²) < 4.78 is 111. The minimum Gasteiger partial charge on any atom is -0.459 e. The van der Waals surface area contributed by atoms with E-state index < -0.39 is 106 Å². The first-order valence-corrected chi connectivity index (χ1v) is 24.6. The number of aryl methyl sites for hydroxylation is 2. The van der Waals surface area contributed by atoms with E-state index >= 15 is 9.18 Å². The molecule has 0 bridgehead atoms. The normalized spacial score (nSPS) is 12.4. The van der Waals surface area contributed by atoms with E-state index in [2.05, 4.69) is 5.10 Å². The van der Waals surface area contributed by atoms with E-state index in [1.54, 1.807) is 19.9 Å². The highest BCUT2D eigenvalue weighted by atomic mass is 32.2. The number of ketones is 1. The van der Waals surface area contributed by atoms with Crippen molar-refractivity contribution in [2.45, 2.75) is 104 Å². The molecule has 2 amide bonds. The summed E-state index contributed by atoms with van der Waals surface area (Å²) in [6.07, 6.45) is -1.66. The van der Waals surface area contributed by atoms with Crippen molar-refractivity contribution in [3.8, 4) is 17.2 Å². The van der Waals surface area contributed by atoms with Gasteiger partial charge in [0.2, 0.25) is 5.78 Å². The van der Waals surface area contributed by atoms with Crippen LogP contribution in [0.25, 0.3) is 16.6 Å². The molecule has 4 aromatic carbocycles. The Morgan fingerprint density at radius 3 is 1.87 bits per heavy atom. The molecule has 0 aliphatic rings. The molecule has 0 spiro atoms. The lowest BCUT2D eigenvalue weighted by Crippen LogP contribution is -2.45. The van der Waals surface area contributed by atoms with Crippen LogP contribution in [0.4, 0.5) is 24.2 Å². The van der Waals surface area contributed by atoms with Crippen LogP contribution in [0, 0.1) is 25.5 Å². The van der Waals surface area contributed by atoms with Crippen molar-refractivity contribution in [1.29, 1.82) is 0 Å². The molecule has 0 radical (unpaired) electrons. The summed E-state index contributed by atoms with van der Waals surface area (Å²) in [5, 5.41) is 4.27. The summed E-state index contributed by atoms with van der Waals surface area (Å²) in [5.74, 6) is -6.65. The zero-order chi connectivity index (χ0) is 51.2. The fourth-order valence-corrected chi connectivity index (χ4v) is 9.62. The van der Waals surface area contributed by atoms with Crippen LogP contribution in [0.5, 0.6) is 11.5 Å². The molecule has 6 aromatic rings. The second kappa shape index (κ2) is 18.9. The van der Waals surface area contributed by atoms with E-state index in [-0.39, 0.29) is 33.0 Å². The van der Waals surface area contributed by atoms with Crippen LogP contribution in [0.3, 0.4) is 0 Å². The number of anilines is 1. The second-order valence-electron chi connectivity index (χ2n) is 19.1. The van der Waals surface area contributed by atoms with Gasteiger partial charge in [0.15, 0.2) is 27.2 Å². The standard InChI is InChI=1S/C49H52F2N4O12S2/c1-29-16-19-34(20-17-29)69(62,63)55-39-25-32(27-68(60,61)28-42(56)65-47(3,4)5)37(51)23-31(39)24-40(55)43(57)35-26-52-54(38-21-18-33(22-30(38)2)64-41-15-13-12-14-36(41)50)44(35)53(45(58)66-48(6,7)8)46(59)67-49(9,10)11/h12-26H,27-28H2,1-11H3. The van der Waals surface area contributed by atoms with Crippen molar-refractivity contribution in [3.63, 3.8) is 0 Å². The van der Waals surface area contributed by atoms with Gasteiger partial charge in [-0.1, -0.05) is 29.8 Å². The zero-order valence-corrected chi connectivity index (χ0v) is 41.5. The van der Waals surface area contributed by atoms with Gasteiger partial charge in [0.25, 0.3) is 10.0 Å². The van der Waals surface area contributed by atoms with Gasteiger partial charge in [-0.15, -0.1) is 0 Å². The highest BCUT2D eigenvalue weighted by molar-refractivity contribution is 7.91. The number of carbonyl (C=O) groups is 4. The number of amides is 2. The van der Waals surface area contributed by atoms with Gasteiger partial charge in [-0.05, 0) is 142 Å². The van der Waals surface area contributed by atoms with E-state index in [1.165, 1.54) is 123 Å². The summed E-state index contributed by atoms with van der Waals surface area (Å²) in [5.41, 5.74) is -4.37. The van der Waals surface area contributed by atoms with Gasteiger partial charge >= 0.3 is 18.2 Å². The molecule has 0 fully saturated rings. The molecule has 0 unspecified atom stereocenters. The van der Waals surface area contributed by atoms with Crippen LogP contribution < -0.4 is 9.64 Å². The Balaban J connectivity index is 1.61. The van der Waals surface area contributed by atoms with E-state index in [9.17, 15) is 35.6 Å². The quantitative estimate of drug-likeness (QED) is 0.0638. The number of benzene rings is 4. The average Bonchev–Trinajstić information content (AvgIpc) is 3.78. The SMILES string of the molecule is Cc1ccc(S(=O)(=O)n2c(C(=O)c3cnn(-c4ccc(Oc5ccccc5F)cc4C)c3N(C(=O)OC(C)(C)C)C(=O)OC(C)(C)C)cc3cc(F)c(CS(=O)(=O)CC(=O)OC(C)(C)C)cc32)cc1. The van der Waals surface area contributed by atoms with Crippen molar-refractivity contribution >= 4 is 60.5 Å². The van der Waals surface area contributed by atoms with Crippen LogP contribution in [-0.4, -0.2) is 77.1 Å². The number of rotatable bonds is 12. The number of hydrogen-bond donors (Lipinski definition) is 0. The first-order valence-electron chi connectivity index (χ1n) is 21.3. The summed E-state index contributed by atoms with van der Waals surface area (Å²) in [7, 11) is -9.28. The number of sulfone groups is 1. The number of para-hydroxylation sites is 1. The molecule has 0 aliphatic carbocycles. The fraction of sp³-hybridized carbons (Fsp3) is 0.327. The zero-order valence-electron chi connectivity index (χ0n) is 39.8. The molecule has 0 saturated carbocycles. The topological polar surface area (TPSA) is 199 Å². The van der Waals surface area contributed by atoms with Crippen molar-refractivity contribution in [2.24, 2.45) is 0 Å². The van der Waals surface area contributed by atoms with Gasteiger partial charge in [-0.25, -0.2) is 43.9 Å². The Labute approximate surface area is 398 Å². The Morgan fingerprint density at radius 2 is 1.30 bits per heavy atom. The third-order valence-corrected chi connectivity index (χ3v) is 12.8. The summed E-state index contributed by atoms with van der Waals surface area (Å²) >= 11 is 0. The predicted octanol–water partition coefficient (Wildman–Crippen LogP) is 9.92. The van der Waals surface area contributed by atoms with E-state index in [0.29, 0.717) is 20.0 Å². The summed E-state index contributed by atoms with van der Waals surface area (Å²) in [6.45, 7) is 17.1. The van der Waals surface area contributed by atoms with Crippen LogP contribution in [-0.2, 0) is 44.6 Å². The smallest absolute Gasteiger partial charge is 0.425 e. The number of fused-ring (bicyclic) bond motifs is 1. The highest BCUT2D eigenvalue weighted by Crippen LogP contribution is 2.36. The molecular formula is C49H52F2N4O12S2. The van der Waals surface area contributed by atoms with Crippen LogP contribution in [0.1, 0.15) is 95.1 Å². The number of hydrogen-bond acceptors (Lipinski definition) is 13. The van der Waals surface area contributed by atoms with Gasteiger partial charge in [0.05, 0.1) is 33.6 Å². The molecule has 20 heteroatoms. The number of halogens is 2. The summed E-state index contributed by atoms with van der Waals surface area (Å²) in [6, 6.07) is 18.5. The maximum absolute atomic E-state index is 16.0. The van der Waals surface area contributed by atoms with E-state index in [4.69, 9.17) is 18.9 Å². The monoisotopic (exact) mass is 990 g/mol. The third-order valence-electron chi connectivity index (χ3n) is 9.66. The van der Waals surface area contributed by atoms with Gasteiger partial charge in [0.1, 0.15) is 39.8 Å². The largest absolute Gasteiger partial charge is 0.459 e. The van der Waals surface area contributed by atoms with Crippen LogP contribution in [0.15, 0.2) is 96.0 Å². The maximum atomic E-state index is 16.0. The van der Waals surface area contributed by atoms with Gasteiger partial charge in [-0.3, -0.25) is 9.59 Å². The molecule has 0 atom stereocenters. The Kier molecular flexibility index (Phi) is 14.1. The van der Waals surface area contributed by atoms with Crippen molar-refractivity contribution < 1.29 is 63.7 Å². The predicted molar refractivity (Wildman–Crippen MR) is 252 cm³/mol. The molecule has 366 valence electrons. The Morgan fingerprint density at radius 1 is 0.710 bits per heavy atom. The number of ether oxygens (including phenoxy) is 4. The fourth-order valence-electron chi connectivity index (χ4n) is 6.91. The molecule has 16 nitrogen and oxygen atoms in total. The lowest BCUT2D eigenvalue weighted by atomic mass is 10.1. The van der Waals surface area contributed by atoms with E-state index in [0.717, 1.165) is 29.1 Å². The van der Waals surface area contributed by atoms with Crippen molar-refractivity contribution in [3.05, 3.63) is 131 Å². The second-order valence-corrected chi connectivity index (χ2v) is 23.0.